The molecular formula is C18H20N2O3S2. The molecule has 0 aliphatic heterocycles. The maximum Gasteiger partial charge on any atom is 0.294 e. The smallest absolute Gasteiger partial charge is 0.294 e. The molecular weight excluding hydrogens is 356 g/mol. The Kier molecular flexibility index (Phi) is 6.76. The lowest BCUT2D eigenvalue weighted by atomic mass is 10.0. The molecule has 25 heavy (non-hydrogen) atoms. The quantitative estimate of drug-likeness (QED) is 0.583. The molecule has 0 saturated carbocycles. The van der Waals surface area contributed by atoms with E-state index in [1.807, 2.05) is 12.3 Å². The summed E-state index contributed by atoms with van der Waals surface area (Å²) in [5, 5.41) is 2.48. The largest absolute Gasteiger partial charge is 0.375 e. The lowest BCUT2D eigenvalue weighted by Gasteiger charge is -2.05. The fraction of sp³-hybridized carbons (Fsp3) is 0.278. The van der Waals surface area contributed by atoms with Crippen molar-refractivity contribution in [1.29, 1.82) is 0 Å². The number of thiazole rings is 1. The Balaban J connectivity index is 0.000000186. The number of anilines is 1. The fourth-order valence-corrected chi connectivity index (χ4v) is 3.13. The average molecular weight is 377 g/mol. The van der Waals surface area contributed by atoms with Crippen molar-refractivity contribution in [2.45, 2.75) is 37.5 Å². The molecule has 0 saturated heterocycles. The number of nitrogen functional groups attached to an aromatic ring is 1. The summed E-state index contributed by atoms with van der Waals surface area (Å²) in [4.78, 5) is 4.02. The van der Waals surface area contributed by atoms with Gasteiger partial charge < -0.3 is 5.73 Å². The predicted molar refractivity (Wildman–Crippen MR) is 101 cm³/mol. The highest BCUT2D eigenvalue weighted by molar-refractivity contribution is 7.85. The Bertz CT molecular complexity index is 902. The SMILES string of the molecule is Cc1ccc(S(=O)(=O)O)cc1.Nc1nc(C#CC2=CCCCC2)cs1. The molecule has 3 rings (SSSR count). The fourth-order valence-electron chi connectivity index (χ4n) is 2.15. The van der Waals surface area contributed by atoms with Crippen LogP contribution in [-0.4, -0.2) is 18.0 Å². The molecule has 0 unspecified atom stereocenters. The topological polar surface area (TPSA) is 93.3 Å². The number of nitrogens with two attached hydrogens (primary N) is 1. The lowest BCUT2D eigenvalue weighted by molar-refractivity contribution is 0.483. The van der Waals surface area contributed by atoms with Gasteiger partial charge in [0.1, 0.15) is 5.69 Å². The third kappa shape index (κ3) is 6.70. The first-order chi connectivity index (χ1) is 11.8. The second-order valence-corrected chi connectivity index (χ2v) is 7.90. The van der Waals surface area contributed by atoms with Crippen molar-refractivity contribution in [1.82, 2.24) is 4.98 Å². The van der Waals surface area contributed by atoms with Crippen LogP contribution in [0.3, 0.4) is 0 Å². The third-order valence-electron chi connectivity index (χ3n) is 3.48. The van der Waals surface area contributed by atoms with E-state index < -0.39 is 10.1 Å². The zero-order valence-corrected chi connectivity index (χ0v) is 15.5. The summed E-state index contributed by atoms with van der Waals surface area (Å²) in [5.74, 6) is 6.19. The van der Waals surface area contributed by atoms with E-state index in [1.54, 1.807) is 12.1 Å². The van der Waals surface area contributed by atoms with Gasteiger partial charge in [-0.15, -0.1) is 11.3 Å². The van der Waals surface area contributed by atoms with Crippen LogP contribution in [0.5, 0.6) is 0 Å². The number of aromatic nitrogens is 1. The van der Waals surface area contributed by atoms with Crippen molar-refractivity contribution in [3.8, 4) is 11.8 Å². The van der Waals surface area contributed by atoms with Crippen LogP contribution in [0.1, 0.15) is 36.9 Å². The molecule has 1 aromatic heterocycles. The average Bonchev–Trinajstić information content (AvgIpc) is 3.00. The van der Waals surface area contributed by atoms with Crippen molar-refractivity contribution >= 4 is 26.6 Å². The second-order valence-electron chi connectivity index (χ2n) is 5.58. The molecule has 1 aromatic carbocycles. The van der Waals surface area contributed by atoms with Gasteiger partial charge in [-0.25, -0.2) is 4.98 Å². The molecule has 7 heteroatoms. The van der Waals surface area contributed by atoms with Crippen LogP contribution in [-0.2, 0) is 10.1 Å². The van der Waals surface area contributed by atoms with E-state index in [0.29, 0.717) is 5.13 Å². The summed E-state index contributed by atoms with van der Waals surface area (Å²) in [7, 11) is -4.02. The summed E-state index contributed by atoms with van der Waals surface area (Å²) < 4.78 is 29.6. The van der Waals surface area contributed by atoms with Gasteiger partial charge in [0.25, 0.3) is 10.1 Å². The minimum atomic E-state index is -4.02. The summed E-state index contributed by atoms with van der Waals surface area (Å²) >= 11 is 1.44. The summed E-state index contributed by atoms with van der Waals surface area (Å²) in [6.45, 7) is 1.84. The van der Waals surface area contributed by atoms with Crippen molar-refractivity contribution in [2.24, 2.45) is 0 Å². The Morgan fingerprint density at radius 2 is 1.92 bits per heavy atom. The van der Waals surface area contributed by atoms with Gasteiger partial charge in [0.2, 0.25) is 0 Å². The van der Waals surface area contributed by atoms with Crippen molar-refractivity contribution in [3.63, 3.8) is 0 Å². The predicted octanol–water partition coefficient (Wildman–Crippen LogP) is 3.82. The Hall–Kier alpha value is -2.14. The number of benzene rings is 1. The molecule has 1 aliphatic carbocycles. The normalized spacial score (nSPS) is 13.8. The van der Waals surface area contributed by atoms with Crippen LogP contribution in [0.15, 0.2) is 46.2 Å². The molecule has 2 aromatic rings. The second kappa shape index (κ2) is 8.81. The zero-order valence-electron chi connectivity index (χ0n) is 13.9. The highest BCUT2D eigenvalue weighted by atomic mass is 32.2. The molecule has 0 bridgehead atoms. The maximum atomic E-state index is 10.5. The molecule has 1 aliphatic rings. The van der Waals surface area contributed by atoms with Crippen molar-refractivity contribution in [2.75, 3.05) is 5.73 Å². The van der Waals surface area contributed by atoms with Gasteiger partial charge in [0.05, 0.1) is 4.90 Å². The van der Waals surface area contributed by atoms with Gasteiger partial charge in [-0.2, -0.15) is 8.42 Å². The first kappa shape index (κ1) is 19.2. The number of hydrogen-bond acceptors (Lipinski definition) is 5. The Morgan fingerprint density at radius 3 is 2.44 bits per heavy atom. The van der Waals surface area contributed by atoms with Crippen molar-refractivity contribution in [3.05, 3.63) is 52.6 Å². The summed E-state index contributed by atoms with van der Waals surface area (Å²) in [5.41, 5.74) is 8.51. The van der Waals surface area contributed by atoms with Crippen LogP contribution < -0.4 is 5.73 Å². The van der Waals surface area contributed by atoms with Crippen molar-refractivity contribution < 1.29 is 13.0 Å². The van der Waals surface area contributed by atoms with E-state index in [1.165, 1.54) is 48.3 Å². The van der Waals surface area contributed by atoms with Gasteiger partial charge in [-0.3, -0.25) is 4.55 Å². The van der Waals surface area contributed by atoms with Crippen LogP contribution in [0.4, 0.5) is 5.13 Å². The minimum absolute atomic E-state index is 0.0666. The molecule has 0 spiro atoms. The van der Waals surface area contributed by atoms with E-state index in [-0.39, 0.29) is 4.90 Å². The van der Waals surface area contributed by atoms with Crippen LogP contribution in [0.25, 0.3) is 0 Å². The lowest BCUT2D eigenvalue weighted by Crippen LogP contribution is -1.96. The zero-order chi connectivity index (χ0) is 18.3. The molecule has 3 N–H and O–H groups in total. The maximum absolute atomic E-state index is 10.5. The molecule has 1 heterocycles. The van der Waals surface area contributed by atoms with Crippen LogP contribution >= 0.6 is 11.3 Å². The first-order valence-electron chi connectivity index (χ1n) is 7.81. The highest BCUT2D eigenvalue weighted by Gasteiger charge is 2.06. The minimum Gasteiger partial charge on any atom is -0.375 e. The van der Waals surface area contributed by atoms with Gasteiger partial charge in [0.15, 0.2) is 5.13 Å². The Labute approximate surface area is 152 Å². The Morgan fingerprint density at radius 1 is 1.20 bits per heavy atom. The number of allylic oxidation sites excluding steroid dienone is 2. The first-order valence-corrected chi connectivity index (χ1v) is 10.1. The standard InChI is InChI=1S/C11H12N2S.C7H8O3S/c12-11-13-10(8-14-11)7-6-9-4-2-1-3-5-9;1-6-2-4-7(5-3-6)11(8,9)10/h4,8H,1-3,5H2,(H2,12,13);2-5H,1H3,(H,8,9,10). The molecule has 0 radical (unpaired) electrons. The van der Waals surface area contributed by atoms with Gasteiger partial charge in [-0.1, -0.05) is 29.7 Å². The summed E-state index contributed by atoms with van der Waals surface area (Å²) in [6, 6.07) is 5.99. The molecule has 5 nitrogen and oxygen atoms in total. The van der Waals surface area contributed by atoms with Crippen LogP contribution in [0, 0.1) is 18.8 Å². The number of nitrogens with zero attached hydrogens (tertiary/aromatic N) is 1. The molecule has 0 fully saturated rings. The van der Waals surface area contributed by atoms with Gasteiger partial charge in [0, 0.05) is 5.38 Å². The van der Waals surface area contributed by atoms with E-state index >= 15 is 0 Å². The van der Waals surface area contributed by atoms with E-state index in [4.69, 9.17) is 10.3 Å². The number of rotatable bonds is 1. The highest BCUT2D eigenvalue weighted by Crippen LogP contribution is 2.16. The molecule has 0 amide bonds. The molecule has 132 valence electrons. The van der Waals surface area contributed by atoms with Crippen LogP contribution in [0.2, 0.25) is 0 Å². The number of aryl methyl sites for hydroxylation is 1. The van der Waals surface area contributed by atoms with E-state index in [0.717, 1.165) is 17.7 Å². The summed E-state index contributed by atoms with van der Waals surface area (Å²) in [6.07, 6.45) is 7.08. The van der Waals surface area contributed by atoms with E-state index in [2.05, 4.69) is 22.9 Å². The van der Waals surface area contributed by atoms with Gasteiger partial charge in [-0.05, 0) is 56.2 Å². The van der Waals surface area contributed by atoms with E-state index in [9.17, 15) is 8.42 Å². The number of hydrogen-bond donors (Lipinski definition) is 2. The molecule has 0 atom stereocenters. The third-order valence-corrected chi connectivity index (χ3v) is 5.02. The monoisotopic (exact) mass is 376 g/mol. The van der Waals surface area contributed by atoms with Gasteiger partial charge >= 0.3 is 0 Å².